The average Bonchev–Trinajstić information content (AvgIpc) is 2.71. The van der Waals surface area contributed by atoms with Gasteiger partial charge >= 0.3 is 0 Å². The molecule has 1 amide bonds. The molecule has 0 radical (unpaired) electrons. The third-order valence-electron chi connectivity index (χ3n) is 5.60. The Labute approximate surface area is 171 Å². The standard InChI is InChI=1S/C22H29N5O2/c1-26-13-19(14-26)25-18-6-8-23-21(10-18)22(29)24-11-20(28)15-27-9-7-16-4-2-3-5-17(16)12-27/h2-6,8,10,19-20,28H,7,9,11-15H2,1H3,(H,23,25)(H,24,29)/t20-/m0/s1. The van der Waals surface area contributed by atoms with Crippen LogP contribution in [0, 0.1) is 0 Å². The number of benzene rings is 1. The zero-order valence-electron chi connectivity index (χ0n) is 16.8. The number of carbonyl (C=O) groups excluding carboxylic acids is 1. The molecule has 1 aromatic heterocycles. The van der Waals surface area contributed by atoms with Crippen LogP contribution in [0.3, 0.4) is 0 Å². The van der Waals surface area contributed by atoms with Gasteiger partial charge in [0.2, 0.25) is 0 Å². The molecule has 7 nitrogen and oxygen atoms in total. The molecule has 3 N–H and O–H groups in total. The number of β-amino-alcohol motifs (C(OH)–C–C–N with tert-alkyl or cyclic N) is 1. The van der Waals surface area contributed by atoms with Crippen LogP contribution in [-0.4, -0.2) is 77.7 Å². The molecule has 2 aliphatic rings. The van der Waals surface area contributed by atoms with Crippen molar-refractivity contribution in [3.05, 3.63) is 59.4 Å². The molecule has 1 saturated heterocycles. The summed E-state index contributed by atoms with van der Waals surface area (Å²) in [6, 6.07) is 12.5. The largest absolute Gasteiger partial charge is 0.390 e. The molecule has 4 rings (SSSR count). The van der Waals surface area contributed by atoms with Crippen LogP contribution >= 0.6 is 0 Å². The van der Waals surface area contributed by atoms with E-state index in [0.717, 1.165) is 38.3 Å². The molecule has 3 heterocycles. The van der Waals surface area contributed by atoms with Crippen molar-refractivity contribution in [2.75, 3.05) is 45.1 Å². The maximum atomic E-state index is 12.4. The second-order valence-electron chi connectivity index (χ2n) is 8.11. The van der Waals surface area contributed by atoms with Gasteiger partial charge in [-0.05, 0) is 36.7 Å². The number of likely N-dealkylation sites (N-methyl/N-ethyl adjacent to an activating group) is 1. The Hall–Kier alpha value is -2.48. The molecule has 0 bridgehead atoms. The number of nitrogens with zero attached hydrogens (tertiary/aromatic N) is 3. The number of rotatable bonds is 7. The van der Waals surface area contributed by atoms with Gasteiger partial charge in [-0.3, -0.25) is 14.7 Å². The number of aromatic nitrogens is 1. The Bertz CT molecular complexity index is 853. The first-order valence-corrected chi connectivity index (χ1v) is 10.2. The first-order valence-electron chi connectivity index (χ1n) is 10.2. The van der Waals surface area contributed by atoms with Crippen molar-refractivity contribution >= 4 is 11.6 Å². The summed E-state index contributed by atoms with van der Waals surface area (Å²) in [5, 5.41) is 16.6. The zero-order chi connectivity index (χ0) is 20.2. The van der Waals surface area contributed by atoms with Crippen molar-refractivity contribution in [2.24, 2.45) is 0 Å². The van der Waals surface area contributed by atoms with Crippen LogP contribution in [0.15, 0.2) is 42.6 Å². The topological polar surface area (TPSA) is 80.7 Å². The summed E-state index contributed by atoms with van der Waals surface area (Å²) in [5.74, 6) is -0.262. The SMILES string of the molecule is CN1CC(Nc2ccnc(C(=O)NC[C@H](O)CN3CCc4ccccc4C3)c2)C1. The Morgan fingerprint density at radius 1 is 1.28 bits per heavy atom. The lowest BCUT2D eigenvalue weighted by Crippen LogP contribution is -2.52. The van der Waals surface area contributed by atoms with Crippen LogP contribution < -0.4 is 10.6 Å². The van der Waals surface area contributed by atoms with Crippen molar-refractivity contribution in [3.63, 3.8) is 0 Å². The number of fused-ring (bicyclic) bond motifs is 1. The highest BCUT2D eigenvalue weighted by Gasteiger charge is 2.23. The van der Waals surface area contributed by atoms with Crippen LogP contribution in [0.2, 0.25) is 0 Å². The lowest BCUT2D eigenvalue weighted by atomic mass is 10.00. The van der Waals surface area contributed by atoms with E-state index in [1.807, 2.05) is 6.07 Å². The van der Waals surface area contributed by atoms with Crippen LogP contribution in [-0.2, 0) is 13.0 Å². The number of hydrogen-bond donors (Lipinski definition) is 3. The molecule has 154 valence electrons. The van der Waals surface area contributed by atoms with Crippen molar-refractivity contribution < 1.29 is 9.90 Å². The number of pyridine rings is 1. The molecule has 1 atom stereocenters. The van der Waals surface area contributed by atoms with Crippen molar-refractivity contribution in [1.82, 2.24) is 20.1 Å². The maximum absolute atomic E-state index is 12.4. The molecule has 29 heavy (non-hydrogen) atoms. The number of amides is 1. The van der Waals surface area contributed by atoms with Gasteiger partial charge in [-0.2, -0.15) is 0 Å². The van der Waals surface area contributed by atoms with Crippen LogP contribution in [0.4, 0.5) is 5.69 Å². The monoisotopic (exact) mass is 395 g/mol. The van der Waals surface area contributed by atoms with Gasteiger partial charge in [0.15, 0.2) is 0 Å². The zero-order valence-corrected chi connectivity index (χ0v) is 16.8. The minimum absolute atomic E-state index is 0.212. The molecule has 1 aromatic carbocycles. The number of aliphatic hydroxyl groups is 1. The summed E-state index contributed by atoms with van der Waals surface area (Å²) in [5.41, 5.74) is 3.97. The highest BCUT2D eigenvalue weighted by atomic mass is 16.3. The Kier molecular flexibility index (Phi) is 6.08. The fourth-order valence-electron chi connectivity index (χ4n) is 4.04. The number of aliphatic hydroxyl groups excluding tert-OH is 1. The summed E-state index contributed by atoms with van der Waals surface area (Å²) in [4.78, 5) is 21.1. The predicted octanol–water partition coefficient (Wildman–Crippen LogP) is 0.957. The average molecular weight is 396 g/mol. The summed E-state index contributed by atoms with van der Waals surface area (Å²) >= 11 is 0. The second kappa shape index (κ2) is 8.90. The van der Waals surface area contributed by atoms with E-state index in [2.05, 4.69) is 56.7 Å². The molecule has 1 fully saturated rings. The first kappa shape index (κ1) is 19.8. The van der Waals surface area contributed by atoms with Crippen molar-refractivity contribution in [3.8, 4) is 0 Å². The van der Waals surface area contributed by atoms with Gasteiger partial charge < -0.3 is 20.6 Å². The normalized spacial score (nSPS) is 18.6. The third-order valence-corrected chi connectivity index (χ3v) is 5.60. The molecule has 0 spiro atoms. The fraction of sp³-hybridized carbons (Fsp3) is 0.455. The Morgan fingerprint density at radius 2 is 2.07 bits per heavy atom. The minimum atomic E-state index is -0.615. The lowest BCUT2D eigenvalue weighted by molar-refractivity contribution is 0.0838. The van der Waals surface area contributed by atoms with Gasteiger partial charge in [-0.1, -0.05) is 24.3 Å². The molecular formula is C22H29N5O2. The molecule has 2 aromatic rings. The number of likely N-dealkylation sites (tertiary alicyclic amines) is 1. The predicted molar refractivity (Wildman–Crippen MR) is 113 cm³/mol. The van der Waals surface area contributed by atoms with Crippen molar-refractivity contribution in [1.29, 1.82) is 0 Å². The van der Waals surface area contributed by atoms with E-state index in [-0.39, 0.29) is 12.5 Å². The van der Waals surface area contributed by atoms with E-state index < -0.39 is 6.10 Å². The fourth-order valence-corrected chi connectivity index (χ4v) is 4.04. The van der Waals surface area contributed by atoms with Crippen molar-refractivity contribution in [2.45, 2.75) is 25.1 Å². The van der Waals surface area contributed by atoms with E-state index >= 15 is 0 Å². The highest BCUT2D eigenvalue weighted by molar-refractivity contribution is 5.93. The van der Waals surface area contributed by atoms with Crippen LogP contribution in [0.1, 0.15) is 21.6 Å². The molecular weight excluding hydrogens is 366 g/mol. The number of anilines is 1. The first-order chi connectivity index (χ1) is 14.1. The molecule has 7 heteroatoms. The van der Waals surface area contributed by atoms with Gasteiger partial charge in [0.1, 0.15) is 5.69 Å². The quantitative estimate of drug-likeness (QED) is 0.648. The van der Waals surface area contributed by atoms with E-state index in [1.54, 1.807) is 12.3 Å². The van der Waals surface area contributed by atoms with E-state index in [9.17, 15) is 9.90 Å². The Morgan fingerprint density at radius 3 is 2.86 bits per heavy atom. The summed E-state index contributed by atoms with van der Waals surface area (Å²) in [7, 11) is 2.08. The number of hydrogen-bond acceptors (Lipinski definition) is 6. The molecule has 0 unspecified atom stereocenters. The summed E-state index contributed by atoms with van der Waals surface area (Å²) < 4.78 is 0. The highest BCUT2D eigenvalue weighted by Crippen LogP contribution is 2.18. The van der Waals surface area contributed by atoms with Gasteiger partial charge in [0.05, 0.1) is 12.1 Å². The molecule has 0 aliphatic carbocycles. The third kappa shape index (κ3) is 5.12. The maximum Gasteiger partial charge on any atom is 0.270 e. The van der Waals surface area contributed by atoms with Gasteiger partial charge in [-0.25, -0.2) is 0 Å². The number of carbonyl (C=O) groups is 1. The lowest BCUT2D eigenvalue weighted by Gasteiger charge is -2.37. The van der Waals surface area contributed by atoms with Gasteiger partial charge in [0, 0.05) is 51.2 Å². The van der Waals surface area contributed by atoms with Crippen LogP contribution in [0.25, 0.3) is 0 Å². The van der Waals surface area contributed by atoms with E-state index in [1.165, 1.54) is 11.1 Å². The summed E-state index contributed by atoms with van der Waals surface area (Å²) in [6.07, 6.45) is 2.02. The smallest absolute Gasteiger partial charge is 0.270 e. The minimum Gasteiger partial charge on any atom is -0.390 e. The molecule has 2 aliphatic heterocycles. The van der Waals surface area contributed by atoms with E-state index in [0.29, 0.717) is 18.3 Å². The number of nitrogens with one attached hydrogen (secondary N) is 2. The van der Waals surface area contributed by atoms with Gasteiger partial charge in [0.25, 0.3) is 5.91 Å². The van der Waals surface area contributed by atoms with Crippen LogP contribution in [0.5, 0.6) is 0 Å². The Balaban J connectivity index is 1.24. The van der Waals surface area contributed by atoms with Gasteiger partial charge in [-0.15, -0.1) is 0 Å². The summed E-state index contributed by atoms with van der Waals surface area (Å²) in [6.45, 7) is 4.51. The molecule has 0 saturated carbocycles. The second-order valence-corrected chi connectivity index (χ2v) is 8.11. The van der Waals surface area contributed by atoms with E-state index in [4.69, 9.17) is 0 Å².